The van der Waals surface area contributed by atoms with Crippen LogP contribution in [0.4, 0.5) is 0 Å². The van der Waals surface area contributed by atoms with Gasteiger partial charge in [0.2, 0.25) is 0 Å². The highest BCUT2D eigenvalue weighted by Crippen LogP contribution is 2.33. The average molecular weight is 297 g/mol. The molecule has 1 aromatic heterocycles. The Morgan fingerprint density at radius 3 is 2.75 bits per heavy atom. The van der Waals surface area contributed by atoms with E-state index in [1.807, 2.05) is 0 Å². The first kappa shape index (κ1) is 15.3. The fourth-order valence-electron chi connectivity index (χ4n) is 2.66. The lowest BCUT2D eigenvalue weighted by atomic mass is 9.78. The van der Waals surface area contributed by atoms with Crippen LogP contribution in [0.25, 0.3) is 0 Å². The van der Waals surface area contributed by atoms with Crippen molar-refractivity contribution in [2.75, 3.05) is 6.54 Å². The topological polar surface area (TPSA) is 62.2 Å². The van der Waals surface area contributed by atoms with E-state index < -0.39 is 5.60 Å². The molecule has 0 aliphatic heterocycles. The number of pyridine rings is 1. The number of nitrogens with zero attached hydrogens (tertiary/aromatic N) is 1. The average Bonchev–Trinajstić information content (AvgIpc) is 2.46. The lowest BCUT2D eigenvalue weighted by molar-refractivity contribution is -0.00786. The highest BCUT2D eigenvalue weighted by atomic mass is 35.5. The molecule has 1 aliphatic rings. The Morgan fingerprint density at radius 1 is 1.50 bits per heavy atom. The molecule has 2 N–H and O–H groups in total. The molecule has 0 saturated heterocycles. The molecule has 1 saturated carbocycles. The van der Waals surface area contributed by atoms with Gasteiger partial charge in [0, 0.05) is 12.7 Å². The first-order valence-electron chi connectivity index (χ1n) is 7.14. The van der Waals surface area contributed by atoms with Crippen LogP contribution in [0.3, 0.4) is 0 Å². The minimum atomic E-state index is -0.763. The minimum Gasteiger partial charge on any atom is -0.388 e. The van der Waals surface area contributed by atoms with Crippen LogP contribution in [0, 0.1) is 5.92 Å². The van der Waals surface area contributed by atoms with E-state index in [0.717, 1.165) is 25.7 Å². The first-order valence-corrected chi connectivity index (χ1v) is 7.52. The Balaban J connectivity index is 1.85. The number of hydrogen-bond acceptors (Lipinski definition) is 3. The molecule has 5 heteroatoms. The molecular formula is C15H21ClN2O2. The van der Waals surface area contributed by atoms with E-state index in [9.17, 15) is 9.90 Å². The summed E-state index contributed by atoms with van der Waals surface area (Å²) in [5.41, 5.74) is -0.304. The van der Waals surface area contributed by atoms with E-state index in [4.69, 9.17) is 11.6 Å². The number of carbonyl (C=O) groups excluding carboxylic acids is 1. The molecule has 1 heterocycles. The van der Waals surface area contributed by atoms with Crippen LogP contribution in [0.5, 0.6) is 0 Å². The number of halogens is 1. The molecule has 0 unspecified atom stereocenters. The Kier molecular flexibility index (Phi) is 5.00. The van der Waals surface area contributed by atoms with Gasteiger partial charge in [0.25, 0.3) is 5.91 Å². The summed E-state index contributed by atoms with van der Waals surface area (Å²) in [6, 6.07) is 3.21. The van der Waals surface area contributed by atoms with Gasteiger partial charge in [0.1, 0.15) is 5.15 Å². The Bertz CT molecular complexity index is 453. The van der Waals surface area contributed by atoms with Gasteiger partial charge in [-0.2, -0.15) is 0 Å². The van der Waals surface area contributed by atoms with E-state index in [0.29, 0.717) is 23.2 Å². The molecule has 0 aromatic carbocycles. The number of rotatable bonds is 4. The van der Waals surface area contributed by atoms with E-state index >= 15 is 0 Å². The van der Waals surface area contributed by atoms with Crippen molar-refractivity contribution in [2.24, 2.45) is 5.92 Å². The maximum absolute atomic E-state index is 12.0. The van der Waals surface area contributed by atoms with Crippen LogP contribution in [-0.4, -0.2) is 28.1 Å². The van der Waals surface area contributed by atoms with Crippen LogP contribution >= 0.6 is 11.6 Å². The SMILES string of the molecule is CCC1CCC(O)(CNC(=O)c2ccc(Cl)nc2)CC1. The predicted octanol–water partition coefficient (Wildman–Crippen LogP) is 2.80. The van der Waals surface area contributed by atoms with Gasteiger partial charge in [0.05, 0.1) is 11.2 Å². The quantitative estimate of drug-likeness (QED) is 0.840. The van der Waals surface area contributed by atoms with Gasteiger partial charge in [-0.15, -0.1) is 0 Å². The molecule has 2 rings (SSSR count). The summed E-state index contributed by atoms with van der Waals surface area (Å²) in [5, 5.41) is 13.6. The third-order valence-corrected chi connectivity index (χ3v) is 4.40. The normalized spacial score (nSPS) is 26.2. The molecule has 0 spiro atoms. The van der Waals surface area contributed by atoms with Crippen LogP contribution in [-0.2, 0) is 0 Å². The first-order chi connectivity index (χ1) is 9.52. The maximum Gasteiger partial charge on any atom is 0.252 e. The standard InChI is InChI=1S/C15H21ClN2O2/c1-2-11-5-7-15(20,8-6-11)10-18-14(19)12-3-4-13(16)17-9-12/h3-4,9,11,20H,2,5-8,10H2,1H3,(H,18,19). The summed E-state index contributed by atoms with van der Waals surface area (Å²) in [6.45, 7) is 2.48. The lowest BCUT2D eigenvalue weighted by Gasteiger charge is -2.35. The fraction of sp³-hybridized carbons (Fsp3) is 0.600. The second-order valence-electron chi connectivity index (χ2n) is 5.63. The molecule has 0 bridgehead atoms. The van der Waals surface area contributed by atoms with Gasteiger partial charge in [-0.1, -0.05) is 24.9 Å². The molecule has 1 fully saturated rings. The van der Waals surface area contributed by atoms with E-state index in [2.05, 4.69) is 17.2 Å². The van der Waals surface area contributed by atoms with Crippen LogP contribution in [0.2, 0.25) is 5.15 Å². The molecule has 4 nitrogen and oxygen atoms in total. The molecule has 0 radical (unpaired) electrons. The summed E-state index contributed by atoms with van der Waals surface area (Å²) in [5.74, 6) is 0.492. The molecule has 110 valence electrons. The number of carbonyl (C=O) groups is 1. The molecule has 1 aromatic rings. The van der Waals surface area contributed by atoms with Gasteiger partial charge in [-0.05, 0) is 43.7 Å². The van der Waals surface area contributed by atoms with Gasteiger partial charge < -0.3 is 10.4 Å². The summed E-state index contributed by atoms with van der Waals surface area (Å²) in [7, 11) is 0. The highest BCUT2D eigenvalue weighted by Gasteiger charge is 2.32. The van der Waals surface area contributed by atoms with E-state index in [1.54, 1.807) is 12.1 Å². The van der Waals surface area contributed by atoms with E-state index in [1.165, 1.54) is 12.6 Å². The van der Waals surface area contributed by atoms with Crippen molar-refractivity contribution in [2.45, 2.75) is 44.6 Å². The number of nitrogens with one attached hydrogen (secondary N) is 1. The van der Waals surface area contributed by atoms with Crippen molar-refractivity contribution >= 4 is 17.5 Å². The predicted molar refractivity (Wildman–Crippen MR) is 78.8 cm³/mol. The molecular weight excluding hydrogens is 276 g/mol. The summed E-state index contributed by atoms with van der Waals surface area (Å²) < 4.78 is 0. The van der Waals surface area contributed by atoms with Gasteiger partial charge in [-0.3, -0.25) is 4.79 Å². The zero-order chi connectivity index (χ0) is 14.6. The van der Waals surface area contributed by atoms with Gasteiger partial charge in [-0.25, -0.2) is 4.98 Å². The summed E-state index contributed by atoms with van der Waals surface area (Å²) in [6.07, 6.45) is 6.18. The molecule has 0 atom stereocenters. The smallest absolute Gasteiger partial charge is 0.252 e. The van der Waals surface area contributed by atoms with Crippen LogP contribution < -0.4 is 5.32 Å². The number of amides is 1. The summed E-state index contributed by atoms with van der Waals surface area (Å²) in [4.78, 5) is 15.8. The lowest BCUT2D eigenvalue weighted by Crippen LogP contribution is -2.45. The Hall–Kier alpha value is -1.13. The largest absolute Gasteiger partial charge is 0.388 e. The summed E-state index contributed by atoms with van der Waals surface area (Å²) >= 11 is 5.68. The number of aromatic nitrogens is 1. The van der Waals surface area contributed by atoms with Crippen molar-refractivity contribution in [1.29, 1.82) is 0 Å². The Labute approximate surface area is 124 Å². The fourth-order valence-corrected chi connectivity index (χ4v) is 2.77. The van der Waals surface area contributed by atoms with E-state index in [-0.39, 0.29) is 5.91 Å². The third-order valence-electron chi connectivity index (χ3n) is 4.18. The highest BCUT2D eigenvalue weighted by molar-refractivity contribution is 6.29. The van der Waals surface area contributed by atoms with Gasteiger partial charge >= 0.3 is 0 Å². The Morgan fingerprint density at radius 2 is 2.20 bits per heavy atom. The number of hydrogen-bond donors (Lipinski definition) is 2. The van der Waals surface area contributed by atoms with Crippen molar-refractivity contribution in [1.82, 2.24) is 10.3 Å². The third kappa shape index (κ3) is 3.93. The van der Waals surface area contributed by atoms with Gasteiger partial charge in [0.15, 0.2) is 0 Å². The van der Waals surface area contributed by atoms with Crippen molar-refractivity contribution in [3.8, 4) is 0 Å². The van der Waals surface area contributed by atoms with Crippen LogP contribution in [0.1, 0.15) is 49.4 Å². The molecule has 1 amide bonds. The second-order valence-corrected chi connectivity index (χ2v) is 6.02. The minimum absolute atomic E-state index is 0.222. The maximum atomic E-state index is 12.0. The molecule has 1 aliphatic carbocycles. The zero-order valence-electron chi connectivity index (χ0n) is 11.7. The van der Waals surface area contributed by atoms with Crippen molar-refractivity contribution < 1.29 is 9.90 Å². The van der Waals surface area contributed by atoms with Crippen molar-refractivity contribution in [3.63, 3.8) is 0 Å². The molecule has 20 heavy (non-hydrogen) atoms. The van der Waals surface area contributed by atoms with Crippen LogP contribution in [0.15, 0.2) is 18.3 Å². The zero-order valence-corrected chi connectivity index (χ0v) is 12.5. The number of aliphatic hydroxyl groups is 1. The monoisotopic (exact) mass is 296 g/mol. The van der Waals surface area contributed by atoms with Crippen molar-refractivity contribution in [3.05, 3.63) is 29.0 Å². The second kappa shape index (κ2) is 6.55.